The van der Waals surface area contributed by atoms with Crippen molar-refractivity contribution in [2.24, 2.45) is 0 Å². The van der Waals surface area contributed by atoms with Crippen molar-refractivity contribution in [1.29, 1.82) is 0 Å². The van der Waals surface area contributed by atoms with Gasteiger partial charge in [0.25, 0.3) is 0 Å². The first-order chi connectivity index (χ1) is 6.38. The van der Waals surface area contributed by atoms with Gasteiger partial charge < -0.3 is 0 Å². The molecule has 0 saturated carbocycles. The Bertz CT molecular complexity index is 202. The van der Waals surface area contributed by atoms with Crippen molar-refractivity contribution in [3.63, 3.8) is 0 Å². The second kappa shape index (κ2) is 6.27. The highest BCUT2D eigenvalue weighted by molar-refractivity contribution is 7.28. The summed E-state index contributed by atoms with van der Waals surface area (Å²) >= 11 is 0. The second-order valence-corrected chi connectivity index (χ2v) is 4.62. The van der Waals surface area contributed by atoms with Gasteiger partial charge in [0, 0.05) is 0 Å². The molecular formula is C12H21P. The molecule has 0 N–H and O–H groups in total. The Labute approximate surface area is 83.8 Å². The van der Waals surface area contributed by atoms with Gasteiger partial charge in [0.15, 0.2) is 0 Å². The van der Waals surface area contributed by atoms with Crippen molar-refractivity contribution in [2.45, 2.75) is 52.4 Å². The van der Waals surface area contributed by atoms with Gasteiger partial charge in [-0.15, -0.1) is 8.19 Å². The molecule has 0 fully saturated rings. The van der Waals surface area contributed by atoms with E-state index < -0.39 is 0 Å². The van der Waals surface area contributed by atoms with E-state index >= 15 is 0 Å². The fourth-order valence-electron chi connectivity index (χ4n) is 1.63. The topological polar surface area (TPSA) is 0 Å². The predicted octanol–water partition coefficient (Wildman–Crippen LogP) is 4.40. The third kappa shape index (κ3) is 3.56. The van der Waals surface area contributed by atoms with E-state index in [1.807, 2.05) is 0 Å². The standard InChI is InChI=1S/C12H21P/c1-3-5-7-11-9-13-10-12(11)8-6-4-2/h9-10,13H,3-8H2,1-2H3. The summed E-state index contributed by atoms with van der Waals surface area (Å²) in [4.78, 5) is 0. The zero-order chi connectivity index (χ0) is 9.52. The first kappa shape index (κ1) is 10.9. The van der Waals surface area contributed by atoms with Crippen molar-refractivity contribution in [3.8, 4) is 0 Å². The van der Waals surface area contributed by atoms with Gasteiger partial charge >= 0.3 is 0 Å². The number of hydrogen-bond acceptors (Lipinski definition) is 0. The monoisotopic (exact) mass is 196 g/mol. The lowest BCUT2D eigenvalue weighted by Gasteiger charge is -2.02. The quantitative estimate of drug-likeness (QED) is 0.632. The van der Waals surface area contributed by atoms with Crippen LogP contribution in [0.2, 0.25) is 0 Å². The van der Waals surface area contributed by atoms with E-state index in [1.165, 1.54) is 38.5 Å². The van der Waals surface area contributed by atoms with Crippen LogP contribution in [0.3, 0.4) is 0 Å². The average Bonchev–Trinajstić information content (AvgIpc) is 2.59. The van der Waals surface area contributed by atoms with Gasteiger partial charge in [0.05, 0.1) is 0 Å². The molecule has 1 aromatic rings. The van der Waals surface area contributed by atoms with Crippen molar-refractivity contribution >= 4 is 8.19 Å². The Morgan fingerprint density at radius 3 is 1.77 bits per heavy atom. The lowest BCUT2D eigenvalue weighted by atomic mass is 10.0. The van der Waals surface area contributed by atoms with Gasteiger partial charge in [0.2, 0.25) is 0 Å². The predicted molar refractivity (Wildman–Crippen MR) is 63.2 cm³/mol. The van der Waals surface area contributed by atoms with E-state index in [9.17, 15) is 0 Å². The fourth-order valence-corrected chi connectivity index (χ4v) is 2.77. The van der Waals surface area contributed by atoms with Gasteiger partial charge in [-0.05, 0) is 48.4 Å². The third-order valence-electron chi connectivity index (χ3n) is 2.53. The Morgan fingerprint density at radius 2 is 1.38 bits per heavy atom. The van der Waals surface area contributed by atoms with Gasteiger partial charge in [0.1, 0.15) is 0 Å². The first-order valence-electron chi connectivity index (χ1n) is 5.53. The number of unbranched alkanes of at least 4 members (excludes halogenated alkanes) is 2. The van der Waals surface area contributed by atoms with Crippen LogP contribution >= 0.6 is 8.19 Å². The van der Waals surface area contributed by atoms with Crippen molar-refractivity contribution < 1.29 is 0 Å². The van der Waals surface area contributed by atoms with Crippen LogP contribution < -0.4 is 0 Å². The summed E-state index contributed by atoms with van der Waals surface area (Å²) in [6, 6.07) is 0. The summed E-state index contributed by atoms with van der Waals surface area (Å²) in [7, 11) is 0.968. The molecule has 0 aliphatic heterocycles. The highest BCUT2D eigenvalue weighted by Gasteiger charge is 2.01. The van der Waals surface area contributed by atoms with Crippen molar-refractivity contribution in [3.05, 3.63) is 22.7 Å². The zero-order valence-corrected chi connectivity index (χ0v) is 9.90. The fraction of sp³-hybridized carbons (Fsp3) is 0.667. The molecule has 0 saturated heterocycles. The van der Waals surface area contributed by atoms with Crippen LogP contribution in [0.5, 0.6) is 0 Å². The summed E-state index contributed by atoms with van der Waals surface area (Å²) in [5.74, 6) is 4.89. The molecule has 0 nitrogen and oxygen atoms in total. The number of aryl methyl sites for hydroxylation is 2. The molecule has 1 rings (SSSR count). The molecule has 0 aromatic carbocycles. The SMILES string of the molecule is CCCCc1c[pH]cc1CCCC. The average molecular weight is 196 g/mol. The molecule has 0 amide bonds. The highest BCUT2D eigenvalue weighted by Crippen LogP contribution is 2.22. The van der Waals surface area contributed by atoms with Crippen LogP contribution in [0, 0.1) is 0 Å². The van der Waals surface area contributed by atoms with E-state index in [0.717, 1.165) is 8.19 Å². The smallest absolute Gasteiger partial charge is 0.0273 e. The largest absolute Gasteiger partial charge is 0.139 e. The molecular weight excluding hydrogens is 175 g/mol. The molecule has 0 unspecified atom stereocenters. The molecule has 1 heteroatoms. The molecule has 0 aliphatic carbocycles. The van der Waals surface area contributed by atoms with Crippen LogP contribution in [0.1, 0.15) is 50.7 Å². The van der Waals surface area contributed by atoms with Crippen molar-refractivity contribution in [2.75, 3.05) is 0 Å². The molecule has 74 valence electrons. The summed E-state index contributed by atoms with van der Waals surface area (Å²) in [6.45, 7) is 4.54. The molecule has 0 spiro atoms. The summed E-state index contributed by atoms with van der Waals surface area (Å²) in [6.07, 6.45) is 8.00. The molecule has 1 heterocycles. The Hall–Kier alpha value is -0.220. The second-order valence-electron chi connectivity index (χ2n) is 3.71. The number of rotatable bonds is 6. The number of hydrogen-bond donors (Lipinski definition) is 0. The van der Waals surface area contributed by atoms with E-state index in [1.54, 1.807) is 11.1 Å². The maximum Gasteiger partial charge on any atom is -0.0273 e. The maximum absolute atomic E-state index is 2.45. The highest BCUT2D eigenvalue weighted by atomic mass is 31.0. The molecule has 0 radical (unpaired) electrons. The van der Waals surface area contributed by atoms with Crippen LogP contribution in [0.15, 0.2) is 11.6 Å². The van der Waals surface area contributed by atoms with Gasteiger partial charge in [-0.3, -0.25) is 0 Å². The Balaban J connectivity index is 2.45. The van der Waals surface area contributed by atoms with Crippen LogP contribution in [-0.2, 0) is 12.8 Å². The Kier molecular flexibility index (Phi) is 5.23. The molecule has 1 aromatic heterocycles. The van der Waals surface area contributed by atoms with Crippen LogP contribution in [0.4, 0.5) is 0 Å². The lowest BCUT2D eigenvalue weighted by molar-refractivity contribution is 0.762. The minimum Gasteiger partial charge on any atom is -0.139 e. The maximum atomic E-state index is 2.45. The molecule has 0 atom stereocenters. The Morgan fingerprint density at radius 1 is 0.923 bits per heavy atom. The molecule has 0 bridgehead atoms. The molecule has 13 heavy (non-hydrogen) atoms. The van der Waals surface area contributed by atoms with E-state index in [2.05, 4.69) is 25.4 Å². The minimum atomic E-state index is 0.968. The summed E-state index contributed by atoms with van der Waals surface area (Å²) in [5, 5.41) is 0. The van der Waals surface area contributed by atoms with E-state index in [0.29, 0.717) is 0 Å². The molecule has 0 aliphatic rings. The van der Waals surface area contributed by atoms with Gasteiger partial charge in [-0.25, -0.2) is 0 Å². The normalized spacial score (nSPS) is 10.6. The lowest BCUT2D eigenvalue weighted by Crippen LogP contribution is -1.89. The summed E-state index contributed by atoms with van der Waals surface area (Å²) in [5.41, 5.74) is 3.32. The van der Waals surface area contributed by atoms with Crippen LogP contribution in [0.25, 0.3) is 0 Å². The minimum absolute atomic E-state index is 0.968. The van der Waals surface area contributed by atoms with Crippen molar-refractivity contribution in [1.82, 2.24) is 0 Å². The zero-order valence-electron chi connectivity index (χ0n) is 8.90. The third-order valence-corrected chi connectivity index (χ3v) is 3.56. The van der Waals surface area contributed by atoms with E-state index in [-0.39, 0.29) is 0 Å². The van der Waals surface area contributed by atoms with Crippen LogP contribution in [-0.4, -0.2) is 0 Å². The van der Waals surface area contributed by atoms with E-state index in [4.69, 9.17) is 0 Å². The summed E-state index contributed by atoms with van der Waals surface area (Å²) < 4.78 is 0. The van der Waals surface area contributed by atoms with Gasteiger partial charge in [-0.2, -0.15) is 0 Å². The van der Waals surface area contributed by atoms with Gasteiger partial charge in [-0.1, -0.05) is 26.7 Å². The first-order valence-corrected chi connectivity index (χ1v) is 6.68.